The van der Waals surface area contributed by atoms with Crippen molar-refractivity contribution in [2.75, 3.05) is 11.5 Å². The fraction of sp³-hybridized carbons (Fsp3) is 0.150. The highest BCUT2D eigenvalue weighted by molar-refractivity contribution is 7.99. The molecular weight excluding hydrogens is 364 g/mol. The average molecular weight is 380 g/mol. The first-order chi connectivity index (χ1) is 13.1. The fourth-order valence-electron chi connectivity index (χ4n) is 3.01. The number of fused-ring (bicyclic) bond motifs is 2. The van der Waals surface area contributed by atoms with Crippen LogP contribution in [0.5, 0.6) is 0 Å². The second-order valence-corrected chi connectivity index (χ2v) is 7.13. The minimum Gasteiger partial charge on any atom is -0.452 e. The summed E-state index contributed by atoms with van der Waals surface area (Å²) in [4.78, 5) is 28.8. The highest BCUT2D eigenvalue weighted by Crippen LogP contribution is 2.47. The molecule has 0 N–H and O–H groups in total. The van der Waals surface area contributed by atoms with E-state index in [2.05, 4.69) is 5.16 Å². The normalized spacial score (nSPS) is 12.3. The number of aryl methyl sites for hydroxylation is 2. The Hall–Kier alpha value is -3.06. The minimum atomic E-state index is -0.618. The van der Waals surface area contributed by atoms with Crippen LogP contribution in [-0.4, -0.2) is 23.6 Å². The van der Waals surface area contributed by atoms with Crippen molar-refractivity contribution in [3.63, 3.8) is 0 Å². The smallest absolute Gasteiger partial charge is 0.344 e. The van der Waals surface area contributed by atoms with E-state index in [4.69, 9.17) is 9.26 Å². The van der Waals surface area contributed by atoms with Crippen molar-refractivity contribution < 1.29 is 18.8 Å². The molecular formula is C20H16N2O4S. The van der Waals surface area contributed by atoms with E-state index >= 15 is 0 Å². The summed E-state index contributed by atoms with van der Waals surface area (Å²) >= 11 is 1.61. The number of para-hydroxylation sites is 2. The van der Waals surface area contributed by atoms with E-state index < -0.39 is 5.97 Å². The molecule has 0 saturated carbocycles. The molecule has 0 atom stereocenters. The summed E-state index contributed by atoms with van der Waals surface area (Å²) in [6, 6.07) is 15.3. The van der Waals surface area contributed by atoms with Crippen molar-refractivity contribution in [1.82, 2.24) is 5.16 Å². The average Bonchev–Trinajstić information content (AvgIpc) is 3.02. The van der Waals surface area contributed by atoms with Gasteiger partial charge in [-0.15, -0.1) is 0 Å². The second-order valence-electron chi connectivity index (χ2n) is 6.04. The molecule has 0 spiro atoms. The molecule has 0 saturated heterocycles. The molecule has 0 radical (unpaired) electrons. The number of aromatic nitrogens is 1. The van der Waals surface area contributed by atoms with E-state index in [1.54, 1.807) is 30.5 Å². The molecule has 0 aliphatic carbocycles. The first-order valence-electron chi connectivity index (χ1n) is 8.35. The van der Waals surface area contributed by atoms with Crippen LogP contribution in [0.2, 0.25) is 0 Å². The van der Waals surface area contributed by atoms with Gasteiger partial charge >= 0.3 is 5.97 Å². The van der Waals surface area contributed by atoms with E-state index in [1.165, 1.54) is 0 Å². The summed E-state index contributed by atoms with van der Waals surface area (Å²) < 4.78 is 10.2. The summed E-state index contributed by atoms with van der Waals surface area (Å²) in [6.45, 7) is 2.91. The third kappa shape index (κ3) is 3.10. The van der Waals surface area contributed by atoms with Crippen molar-refractivity contribution in [3.05, 3.63) is 65.5 Å². The largest absolute Gasteiger partial charge is 0.452 e. The molecule has 7 heteroatoms. The first kappa shape index (κ1) is 17.4. The van der Waals surface area contributed by atoms with Gasteiger partial charge in [-0.05, 0) is 38.1 Å². The quantitative estimate of drug-likeness (QED) is 0.632. The van der Waals surface area contributed by atoms with Gasteiger partial charge in [0.05, 0.1) is 17.1 Å². The SMILES string of the molecule is Cc1noc(C)c1C(=O)OCC(=O)N1c2ccccc2Sc2ccccc21. The number of amides is 1. The molecule has 1 aliphatic heterocycles. The van der Waals surface area contributed by atoms with Crippen LogP contribution < -0.4 is 4.90 Å². The van der Waals surface area contributed by atoms with Crippen LogP contribution in [0.25, 0.3) is 0 Å². The number of rotatable bonds is 3. The molecule has 3 aromatic rings. The van der Waals surface area contributed by atoms with Gasteiger partial charge in [0.2, 0.25) is 0 Å². The predicted molar refractivity (Wildman–Crippen MR) is 100 cm³/mol. The zero-order valence-electron chi connectivity index (χ0n) is 14.8. The molecule has 2 heterocycles. The lowest BCUT2D eigenvalue weighted by Crippen LogP contribution is -2.32. The van der Waals surface area contributed by atoms with Crippen LogP contribution in [0.4, 0.5) is 11.4 Å². The van der Waals surface area contributed by atoms with Gasteiger partial charge < -0.3 is 9.26 Å². The molecule has 2 aromatic carbocycles. The van der Waals surface area contributed by atoms with Gasteiger partial charge in [-0.1, -0.05) is 41.2 Å². The summed E-state index contributed by atoms with van der Waals surface area (Å²) in [5.74, 6) is -0.571. The Morgan fingerprint density at radius 2 is 1.63 bits per heavy atom. The zero-order chi connectivity index (χ0) is 19.0. The van der Waals surface area contributed by atoms with E-state index in [9.17, 15) is 9.59 Å². The molecule has 6 nitrogen and oxygen atoms in total. The van der Waals surface area contributed by atoms with Crippen LogP contribution >= 0.6 is 11.8 Å². The Bertz CT molecular complexity index is 979. The van der Waals surface area contributed by atoms with Gasteiger partial charge in [0.1, 0.15) is 11.3 Å². The Kier molecular flexibility index (Phi) is 4.45. The standard InChI is InChI=1S/C20H16N2O4S/c1-12-19(13(2)26-21-12)20(24)25-11-18(23)22-14-7-3-5-9-16(14)27-17-10-6-4-8-15(17)22/h3-10H,11H2,1-2H3. The number of carbonyl (C=O) groups is 2. The lowest BCUT2D eigenvalue weighted by molar-refractivity contribution is -0.121. The van der Waals surface area contributed by atoms with Gasteiger partial charge in [0.25, 0.3) is 5.91 Å². The molecule has 1 aliphatic rings. The van der Waals surface area contributed by atoms with Gasteiger partial charge in [-0.2, -0.15) is 0 Å². The number of esters is 1. The zero-order valence-corrected chi connectivity index (χ0v) is 15.6. The molecule has 27 heavy (non-hydrogen) atoms. The molecule has 0 fully saturated rings. The number of benzene rings is 2. The maximum atomic E-state index is 13.0. The van der Waals surface area contributed by atoms with E-state index in [0.717, 1.165) is 21.2 Å². The second kappa shape index (κ2) is 6.92. The van der Waals surface area contributed by atoms with Gasteiger partial charge in [-0.3, -0.25) is 9.69 Å². The maximum absolute atomic E-state index is 13.0. The van der Waals surface area contributed by atoms with Crippen molar-refractivity contribution in [2.45, 2.75) is 23.6 Å². The van der Waals surface area contributed by atoms with Crippen LogP contribution in [0, 0.1) is 13.8 Å². The number of hydrogen-bond acceptors (Lipinski definition) is 6. The molecule has 0 bridgehead atoms. The van der Waals surface area contributed by atoms with Crippen LogP contribution in [0.3, 0.4) is 0 Å². The summed E-state index contributed by atoms with van der Waals surface area (Å²) in [5, 5.41) is 3.74. The van der Waals surface area contributed by atoms with Crippen molar-refractivity contribution in [2.24, 2.45) is 0 Å². The lowest BCUT2D eigenvalue weighted by Gasteiger charge is -2.30. The Labute approximate surface area is 160 Å². The topological polar surface area (TPSA) is 72.6 Å². The van der Waals surface area contributed by atoms with Crippen molar-refractivity contribution in [1.29, 1.82) is 0 Å². The van der Waals surface area contributed by atoms with E-state index in [0.29, 0.717) is 11.5 Å². The number of ether oxygens (including phenoxy) is 1. The minimum absolute atomic E-state index is 0.262. The van der Waals surface area contributed by atoms with Crippen LogP contribution in [0.1, 0.15) is 21.8 Å². The van der Waals surface area contributed by atoms with E-state index in [1.807, 2.05) is 48.5 Å². The number of hydrogen-bond donors (Lipinski definition) is 0. The Balaban J connectivity index is 1.60. The van der Waals surface area contributed by atoms with Gasteiger partial charge in [0, 0.05) is 9.79 Å². The number of nitrogens with zero attached hydrogens (tertiary/aromatic N) is 2. The van der Waals surface area contributed by atoms with E-state index in [-0.39, 0.29) is 18.1 Å². The van der Waals surface area contributed by atoms with Crippen LogP contribution in [0.15, 0.2) is 62.8 Å². The lowest BCUT2D eigenvalue weighted by atomic mass is 10.2. The van der Waals surface area contributed by atoms with Gasteiger partial charge in [0.15, 0.2) is 6.61 Å². The van der Waals surface area contributed by atoms with Gasteiger partial charge in [-0.25, -0.2) is 4.79 Å². The highest BCUT2D eigenvalue weighted by Gasteiger charge is 2.29. The summed E-state index contributed by atoms with van der Waals surface area (Å²) in [5.41, 5.74) is 2.26. The monoisotopic (exact) mass is 380 g/mol. The molecule has 4 rings (SSSR count). The number of anilines is 2. The Morgan fingerprint density at radius 1 is 1.04 bits per heavy atom. The van der Waals surface area contributed by atoms with Crippen molar-refractivity contribution >= 4 is 35.0 Å². The molecule has 136 valence electrons. The third-order valence-corrected chi connectivity index (χ3v) is 5.38. The summed E-state index contributed by atoms with van der Waals surface area (Å²) in [6.07, 6.45) is 0. The summed E-state index contributed by atoms with van der Waals surface area (Å²) in [7, 11) is 0. The fourth-order valence-corrected chi connectivity index (χ4v) is 4.07. The molecule has 1 aromatic heterocycles. The Morgan fingerprint density at radius 3 is 2.19 bits per heavy atom. The molecule has 1 amide bonds. The number of carbonyl (C=O) groups excluding carboxylic acids is 2. The predicted octanol–water partition coefficient (Wildman–Crippen LogP) is 4.28. The maximum Gasteiger partial charge on any atom is 0.344 e. The third-order valence-electron chi connectivity index (χ3n) is 4.25. The molecule has 0 unspecified atom stereocenters. The highest BCUT2D eigenvalue weighted by atomic mass is 32.2. The van der Waals surface area contributed by atoms with Crippen LogP contribution in [-0.2, 0) is 9.53 Å². The first-order valence-corrected chi connectivity index (χ1v) is 9.17. The van der Waals surface area contributed by atoms with Crippen molar-refractivity contribution in [3.8, 4) is 0 Å².